The Morgan fingerprint density at radius 2 is 1.23 bits per heavy atom. The highest BCUT2D eigenvalue weighted by Gasteiger charge is 2.49. The van der Waals surface area contributed by atoms with E-state index in [1.807, 2.05) is 26.0 Å². The molecule has 1 atom stereocenters. The molecular formula is C30H33N3O5S2. The van der Waals surface area contributed by atoms with Gasteiger partial charge in [0.1, 0.15) is 0 Å². The third-order valence-electron chi connectivity index (χ3n) is 7.44. The molecule has 1 unspecified atom stereocenters. The Labute approximate surface area is 236 Å². The lowest BCUT2D eigenvalue weighted by Gasteiger charge is -2.30. The quantitative estimate of drug-likeness (QED) is 0.373. The maximum atomic E-state index is 13.9. The highest BCUT2D eigenvalue weighted by Crippen LogP contribution is 2.37. The Balaban J connectivity index is 1.58. The lowest BCUT2D eigenvalue weighted by Crippen LogP contribution is -2.42. The van der Waals surface area contributed by atoms with Crippen molar-refractivity contribution in [2.24, 2.45) is 0 Å². The van der Waals surface area contributed by atoms with Gasteiger partial charge in [-0.05, 0) is 68.1 Å². The molecule has 0 spiro atoms. The summed E-state index contributed by atoms with van der Waals surface area (Å²) >= 11 is 0. The van der Waals surface area contributed by atoms with E-state index in [4.69, 9.17) is 0 Å². The first-order chi connectivity index (χ1) is 18.9. The molecule has 1 saturated heterocycles. The molecule has 40 heavy (non-hydrogen) atoms. The van der Waals surface area contributed by atoms with E-state index in [2.05, 4.69) is 13.8 Å². The van der Waals surface area contributed by atoms with Gasteiger partial charge in [0.15, 0.2) is 0 Å². The van der Waals surface area contributed by atoms with Crippen LogP contribution in [0.25, 0.3) is 0 Å². The molecule has 0 radical (unpaired) electrons. The summed E-state index contributed by atoms with van der Waals surface area (Å²) in [6, 6.07) is 18.8. The predicted octanol–water partition coefficient (Wildman–Crippen LogP) is 5.40. The summed E-state index contributed by atoms with van der Waals surface area (Å²) in [5.41, 5.74) is 3.79. The minimum Gasteiger partial charge on any atom is -0.283 e. The zero-order chi connectivity index (χ0) is 28.8. The van der Waals surface area contributed by atoms with Crippen LogP contribution in [0.15, 0.2) is 94.4 Å². The van der Waals surface area contributed by atoms with Crippen molar-refractivity contribution in [2.75, 3.05) is 18.0 Å². The Kier molecular flexibility index (Phi) is 7.26. The second kappa shape index (κ2) is 10.4. The minimum absolute atomic E-state index is 0.00624. The van der Waals surface area contributed by atoms with Crippen molar-refractivity contribution in [3.63, 3.8) is 0 Å². The largest absolute Gasteiger partial charge is 0.339 e. The molecule has 0 aliphatic carbocycles. The standard InChI is InChI=1S/C30H33N3O5S2/c1-21(2)24-11-13-25(14-12-24)33-29(20-32(30(33)34)40(37,38)27-17-9-23(4)10-18-27)28-6-5-19-31(28)39(35,36)26-15-7-22(3)8-16-26/h6-18,21,29H,5,19-20H2,1-4H3. The molecule has 0 aromatic heterocycles. The molecule has 0 saturated carbocycles. The van der Waals surface area contributed by atoms with Crippen LogP contribution in [0.2, 0.25) is 0 Å². The maximum absolute atomic E-state index is 13.9. The van der Waals surface area contributed by atoms with Crippen molar-refractivity contribution in [3.8, 4) is 0 Å². The molecular weight excluding hydrogens is 546 g/mol. The first-order valence-corrected chi connectivity index (χ1v) is 16.1. The number of hydrogen-bond acceptors (Lipinski definition) is 5. The van der Waals surface area contributed by atoms with E-state index in [0.29, 0.717) is 17.8 Å². The third kappa shape index (κ3) is 4.90. The fourth-order valence-corrected chi connectivity index (χ4v) is 8.02. The summed E-state index contributed by atoms with van der Waals surface area (Å²) in [4.78, 5) is 15.5. The van der Waals surface area contributed by atoms with Crippen molar-refractivity contribution < 1.29 is 21.6 Å². The zero-order valence-electron chi connectivity index (χ0n) is 23.0. The molecule has 210 valence electrons. The highest BCUT2D eigenvalue weighted by atomic mass is 32.2. The van der Waals surface area contributed by atoms with Gasteiger partial charge in [-0.1, -0.05) is 67.4 Å². The van der Waals surface area contributed by atoms with Crippen LogP contribution in [-0.4, -0.2) is 50.6 Å². The molecule has 10 heteroatoms. The normalized spacial score (nSPS) is 18.1. The number of amides is 2. The van der Waals surface area contributed by atoms with E-state index in [1.165, 1.54) is 21.3 Å². The Bertz CT molecular complexity index is 1660. The monoisotopic (exact) mass is 579 g/mol. The first-order valence-electron chi connectivity index (χ1n) is 13.2. The van der Waals surface area contributed by atoms with E-state index < -0.39 is 32.1 Å². The lowest BCUT2D eigenvalue weighted by molar-refractivity contribution is 0.239. The van der Waals surface area contributed by atoms with Gasteiger partial charge in [-0.2, -0.15) is 0 Å². The van der Waals surface area contributed by atoms with Gasteiger partial charge in [0, 0.05) is 12.2 Å². The van der Waals surface area contributed by atoms with Gasteiger partial charge in [-0.25, -0.2) is 25.9 Å². The summed E-state index contributed by atoms with van der Waals surface area (Å²) in [6.45, 7) is 7.85. The summed E-state index contributed by atoms with van der Waals surface area (Å²) in [6.07, 6.45) is 2.25. The molecule has 2 aliphatic heterocycles. The SMILES string of the molecule is Cc1ccc(S(=O)(=O)N2CC(C3=CCCN3S(=O)(=O)c3ccc(C)cc3)N(c3ccc(C(C)C)cc3)C2=O)cc1. The van der Waals surface area contributed by atoms with Crippen molar-refractivity contribution in [3.05, 3.63) is 101 Å². The number of rotatable bonds is 7. The number of anilines is 1. The van der Waals surface area contributed by atoms with Gasteiger partial charge in [0.25, 0.3) is 20.0 Å². The summed E-state index contributed by atoms with van der Waals surface area (Å²) < 4.78 is 57.0. The molecule has 3 aromatic carbocycles. The van der Waals surface area contributed by atoms with Gasteiger partial charge in [0.05, 0.1) is 28.1 Å². The average molecular weight is 580 g/mol. The second-order valence-electron chi connectivity index (χ2n) is 10.6. The topological polar surface area (TPSA) is 95.1 Å². The molecule has 1 fully saturated rings. The molecule has 8 nitrogen and oxygen atoms in total. The average Bonchev–Trinajstić information content (AvgIpc) is 3.55. The van der Waals surface area contributed by atoms with Crippen LogP contribution in [0.4, 0.5) is 10.5 Å². The van der Waals surface area contributed by atoms with E-state index in [-0.39, 0.29) is 28.8 Å². The smallest absolute Gasteiger partial charge is 0.283 e. The van der Waals surface area contributed by atoms with E-state index in [1.54, 1.807) is 54.6 Å². The lowest BCUT2D eigenvalue weighted by atomic mass is 10.0. The van der Waals surface area contributed by atoms with Crippen molar-refractivity contribution >= 4 is 31.8 Å². The van der Waals surface area contributed by atoms with Crippen LogP contribution in [0, 0.1) is 13.8 Å². The maximum Gasteiger partial charge on any atom is 0.339 e. The molecule has 5 rings (SSSR count). The van der Waals surface area contributed by atoms with E-state index in [9.17, 15) is 21.6 Å². The van der Waals surface area contributed by atoms with Crippen LogP contribution in [0.1, 0.15) is 42.9 Å². The Morgan fingerprint density at radius 1 is 0.725 bits per heavy atom. The van der Waals surface area contributed by atoms with Gasteiger partial charge in [0.2, 0.25) is 0 Å². The van der Waals surface area contributed by atoms with Crippen molar-refractivity contribution in [1.29, 1.82) is 0 Å². The van der Waals surface area contributed by atoms with Crippen LogP contribution in [0.5, 0.6) is 0 Å². The number of carbonyl (C=O) groups excluding carboxylic acids is 1. The predicted molar refractivity (Wildman–Crippen MR) is 155 cm³/mol. The Morgan fingerprint density at radius 3 is 1.73 bits per heavy atom. The third-order valence-corrected chi connectivity index (χ3v) is 11.0. The van der Waals surface area contributed by atoms with Gasteiger partial charge in [-0.15, -0.1) is 0 Å². The molecule has 2 heterocycles. The van der Waals surface area contributed by atoms with Crippen LogP contribution >= 0.6 is 0 Å². The van der Waals surface area contributed by atoms with Crippen LogP contribution < -0.4 is 4.90 Å². The van der Waals surface area contributed by atoms with Gasteiger partial charge in [-0.3, -0.25) is 9.21 Å². The minimum atomic E-state index is -4.19. The number of sulfonamides is 2. The summed E-state index contributed by atoms with van der Waals surface area (Å²) in [5.74, 6) is 0.269. The Hall–Kier alpha value is -3.63. The van der Waals surface area contributed by atoms with E-state index >= 15 is 0 Å². The number of hydrogen-bond donors (Lipinski definition) is 0. The molecule has 3 aromatic rings. The molecule has 0 N–H and O–H groups in total. The molecule has 0 bridgehead atoms. The molecule has 2 aliphatic rings. The fraction of sp³-hybridized carbons (Fsp3) is 0.300. The second-order valence-corrected chi connectivity index (χ2v) is 14.3. The van der Waals surface area contributed by atoms with Gasteiger partial charge < -0.3 is 0 Å². The summed E-state index contributed by atoms with van der Waals surface area (Å²) in [7, 11) is -8.13. The highest BCUT2D eigenvalue weighted by molar-refractivity contribution is 7.90. The van der Waals surface area contributed by atoms with Crippen molar-refractivity contribution in [1.82, 2.24) is 8.61 Å². The van der Waals surface area contributed by atoms with Gasteiger partial charge >= 0.3 is 6.03 Å². The number of carbonyl (C=O) groups is 1. The van der Waals surface area contributed by atoms with Crippen LogP contribution in [0.3, 0.4) is 0 Å². The number of aryl methyl sites for hydroxylation is 2. The molecule has 2 amide bonds. The van der Waals surface area contributed by atoms with Crippen molar-refractivity contribution in [2.45, 2.75) is 55.9 Å². The van der Waals surface area contributed by atoms with E-state index in [0.717, 1.165) is 21.0 Å². The van der Waals surface area contributed by atoms with Crippen LogP contribution in [-0.2, 0) is 20.0 Å². The first kappa shape index (κ1) is 27.9. The number of nitrogens with zero attached hydrogens (tertiary/aromatic N) is 3. The number of urea groups is 1. The number of benzene rings is 3. The fourth-order valence-electron chi connectivity index (χ4n) is 5.10. The summed E-state index contributed by atoms with van der Waals surface area (Å²) in [5, 5.41) is 0. The zero-order valence-corrected chi connectivity index (χ0v) is 24.6.